The van der Waals surface area contributed by atoms with E-state index in [-0.39, 0.29) is 11.9 Å². The highest BCUT2D eigenvalue weighted by molar-refractivity contribution is 7.98. The fourth-order valence-electron chi connectivity index (χ4n) is 2.60. The van der Waals surface area contributed by atoms with Gasteiger partial charge in [-0.15, -0.1) is 11.8 Å². The summed E-state index contributed by atoms with van der Waals surface area (Å²) in [5.74, 6) is -0.0603. The SMILES string of the molecule is CCN(CC)[C@H](CNC(=O)c1cccnc1SC)c1ccsc1. The molecule has 0 saturated heterocycles. The summed E-state index contributed by atoms with van der Waals surface area (Å²) in [4.78, 5) is 19.1. The predicted octanol–water partition coefficient (Wildman–Crippen LogP) is 3.68. The number of rotatable bonds is 8. The monoisotopic (exact) mass is 349 g/mol. The van der Waals surface area contributed by atoms with Gasteiger partial charge in [0.05, 0.1) is 11.6 Å². The Hall–Kier alpha value is -1.37. The zero-order valence-corrected chi connectivity index (χ0v) is 15.4. The van der Waals surface area contributed by atoms with Gasteiger partial charge in [-0.2, -0.15) is 11.3 Å². The second-order valence-corrected chi connectivity index (χ2v) is 6.64. The fraction of sp³-hybridized carbons (Fsp3) is 0.412. The third kappa shape index (κ3) is 4.56. The second-order valence-electron chi connectivity index (χ2n) is 5.06. The second kappa shape index (κ2) is 9.05. The van der Waals surface area contributed by atoms with Crippen LogP contribution in [0.3, 0.4) is 0 Å². The zero-order valence-electron chi connectivity index (χ0n) is 13.8. The molecule has 2 rings (SSSR count). The van der Waals surface area contributed by atoms with E-state index in [1.54, 1.807) is 23.6 Å². The zero-order chi connectivity index (χ0) is 16.7. The molecule has 1 N–H and O–H groups in total. The maximum Gasteiger partial charge on any atom is 0.254 e. The minimum absolute atomic E-state index is 0.0603. The van der Waals surface area contributed by atoms with Gasteiger partial charge in [-0.25, -0.2) is 4.98 Å². The quantitative estimate of drug-likeness (QED) is 0.739. The third-order valence-corrected chi connectivity index (χ3v) is 5.26. The van der Waals surface area contributed by atoms with E-state index in [9.17, 15) is 4.79 Å². The topological polar surface area (TPSA) is 45.2 Å². The van der Waals surface area contributed by atoms with Gasteiger partial charge in [-0.1, -0.05) is 13.8 Å². The highest BCUT2D eigenvalue weighted by Crippen LogP contribution is 2.23. The van der Waals surface area contributed by atoms with Crippen LogP contribution in [0.25, 0.3) is 0 Å². The first-order valence-electron chi connectivity index (χ1n) is 7.74. The number of thiophene rings is 1. The number of thioether (sulfide) groups is 1. The van der Waals surface area contributed by atoms with Crippen molar-refractivity contribution < 1.29 is 4.79 Å². The predicted molar refractivity (Wildman–Crippen MR) is 98.3 cm³/mol. The van der Waals surface area contributed by atoms with Crippen molar-refractivity contribution in [1.82, 2.24) is 15.2 Å². The van der Waals surface area contributed by atoms with Crippen LogP contribution < -0.4 is 5.32 Å². The Kier molecular flexibility index (Phi) is 7.08. The molecule has 0 aromatic carbocycles. The molecule has 0 bridgehead atoms. The maximum absolute atomic E-state index is 12.5. The molecular weight excluding hydrogens is 326 g/mol. The van der Waals surface area contributed by atoms with Crippen LogP contribution in [0.4, 0.5) is 0 Å². The molecule has 2 aromatic heterocycles. The van der Waals surface area contributed by atoms with Crippen LogP contribution in [0.2, 0.25) is 0 Å². The average Bonchev–Trinajstić information content (AvgIpc) is 3.12. The number of pyridine rings is 1. The lowest BCUT2D eigenvalue weighted by atomic mass is 10.1. The minimum atomic E-state index is -0.0603. The standard InChI is InChI=1S/C17H23N3OS2/c1-4-20(5-2)15(13-8-10-23-12-13)11-19-16(21)14-7-6-9-18-17(14)22-3/h6-10,12,15H,4-5,11H2,1-3H3,(H,19,21)/t15-/m1/s1. The number of hydrogen-bond acceptors (Lipinski definition) is 5. The molecule has 0 aliphatic rings. The van der Waals surface area contributed by atoms with Crippen LogP contribution in [0, 0.1) is 0 Å². The third-order valence-electron chi connectivity index (χ3n) is 3.85. The van der Waals surface area contributed by atoms with Gasteiger partial charge in [0.1, 0.15) is 5.03 Å². The molecule has 1 amide bonds. The van der Waals surface area contributed by atoms with Crippen molar-refractivity contribution in [3.63, 3.8) is 0 Å². The van der Waals surface area contributed by atoms with Gasteiger partial charge in [0.15, 0.2) is 0 Å². The van der Waals surface area contributed by atoms with Crippen molar-refractivity contribution in [1.29, 1.82) is 0 Å². The number of hydrogen-bond donors (Lipinski definition) is 1. The molecule has 0 radical (unpaired) electrons. The lowest BCUT2D eigenvalue weighted by molar-refractivity contribution is 0.0931. The van der Waals surface area contributed by atoms with E-state index in [2.05, 4.69) is 45.9 Å². The van der Waals surface area contributed by atoms with Gasteiger partial charge in [0.25, 0.3) is 5.91 Å². The Labute approximate surface area is 146 Å². The molecule has 0 aliphatic heterocycles. The molecule has 0 spiro atoms. The summed E-state index contributed by atoms with van der Waals surface area (Å²) in [7, 11) is 0. The van der Waals surface area contributed by atoms with Crippen LogP contribution in [0.1, 0.15) is 35.8 Å². The summed E-state index contributed by atoms with van der Waals surface area (Å²) < 4.78 is 0. The molecule has 6 heteroatoms. The molecule has 0 saturated carbocycles. The van der Waals surface area contributed by atoms with E-state index in [1.807, 2.05) is 12.3 Å². The van der Waals surface area contributed by atoms with Crippen LogP contribution in [-0.4, -0.2) is 41.7 Å². The Balaban J connectivity index is 2.10. The summed E-state index contributed by atoms with van der Waals surface area (Å²) in [5, 5.41) is 8.09. The Bertz CT molecular complexity index is 612. The minimum Gasteiger partial charge on any atom is -0.350 e. The summed E-state index contributed by atoms with van der Waals surface area (Å²) in [6.45, 7) is 6.81. The molecule has 23 heavy (non-hydrogen) atoms. The number of nitrogens with zero attached hydrogens (tertiary/aromatic N) is 2. The molecule has 4 nitrogen and oxygen atoms in total. The van der Waals surface area contributed by atoms with Crippen molar-refractivity contribution in [3.8, 4) is 0 Å². The number of amides is 1. The van der Waals surface area contributed by atoms with Crippen LogP contribution >= 0.6 is 23.1 Å². The first kappa shape index (κ1) is 18.0. The lowest BCUT2D eigenvalue weighted by Crippen LogP contribution is -2.38. The van der Waals surface area contributed by atoms with Gasteiger partial charge in [0.2, 0.25) is 0 Å². The van der Waals surface area contributed by atoms with Crippen molar-refractivity contribution in [2.45, 2.75) is 24.9 Å². The van der Waals surface area contributed by atoms with Gasteiger partial charge in [0, 0.05) is 12.7 Å². The molecule has 0 fully saturated rings. The van der Waals surface area contributed by atoms with E-state index in [1.165, 1.54) is 17.3 Å². The Morgan fingerprint density at radius 1 is 1.39 bits per heavy atom. The number of likely N-dealkylation sites (N-methyl/N-ethyl adjacent to an activating group) is 1. The summed E-state index contributed by atoms with van der Waals surface area (Å²) in [6, 6.07) is 5.97. The lowest BCUT2D eigenvalue weighted by Gasteiger charge is -2.29. The van der Waals surface area contributed by atoms with Crippen LogP contribution in [0.5, 0.6) is 0 Å². The first-order chi connectivity index (χ1) is 11.2. The van der Waals surface area contributed by atoms with Crippen molar-refractivity contribution >= 4 is 29.0 Å². The fourth-order valence-corrected chi connectivity index (χ4v) is 3.85. The Morgan fingerprint density at radius 2 is 2.17 bits per heavy atom. The van der Waals surface area contributed by atoms with E-state index in [0.717, 1.165) is 18.1 Å². The van der Waals surface area contributed by atoms with E-state index in [4.69, 9.17) is 0 Å². The number of carbonyl (C=O) groups is 1. The molecule has 0 unspecified atom stereocenters. The summed E-state index contributed by atoms with van der Waals surface area (Å²) in [5.41, 5.74) is 1.90. The molecule has 2 heterocycles. The van der Waals surface area contributed by atoms with Crippen LogP contribution in [-0.2, 0) is 0 Å². The first-order valence-corrected chi connectivity index (χ1v) is 9.91. The van der Waals surface area contributed by atoms with Crippen molar-refractivity contribution in [3.05, 3.63) is 46.3 Å². The number of aromatic nitrogens is 1. The van der Waals surface area contributed by atoms with Crippen molar-refractivity contribution in [2.24, 2.45) is 0 Å². The number of carbonyl (C=O) groups excluding carboxylic acids is 1. The number of nitrogens with one attached hydrogen (secondary N) is 1. The van der Waals surface area contributed by atoms with E-state index in [0.29, 0.717) is 12.1 Å². The van der Waals surface area contributed by atoms with Crippen LogP contribution in [0.15, 0.2) is 40.2 Å². The summed E-state index contributed by atoms with van der Waals surface area (Å²) >= 11 is 3.18. The molecule has 2 aromatic rings. The van der Waals surface area contributed by atoms with Gasteiger partial charge >= 0.3 is 0 Å². The molecular formula is C17H23N3OS2. The Morgan fingerprint density at radius 3 is 2.78 bits per heavy atom. The van der Waals surface area contributed by atoms with Gasteiger partial charge < -0.3 is 5.32 Å². The smallest absolute Gasteiger partial charge is 0.254 e. The molecule has 0 aliphatic carbocycles. The van der Waals surface area contributed by atoms with E-state index >= 15 is 0 Å². The summed E-state index contributed by atoms with van der Waals surface area (Å²) in [6.07, 6.45) is 3.65. The van der Waals surface area contributed by atoms with E-state index < -0.39 is 0 Å². The van der Waals surface area contributed by atoms with Gasteiger partial charge in [-0.05, 0) is 53.9 Å². The average molecular weight is 350 g/mol. The van der Waals surface area contributed by atoms with Crippen molar-refractivity contribution in [2.75, 3.05) is 25.9 Å². The molecule has 1 atom stereocenters. The largest absolute Gasteiger partial charge is 0.350 e. The van der Waals surface area contributed by atoms with Gasteiger partial charge in [-0.3, -0.25) is 9.69 Å². The highest BCUT2D eigenvalue weighted by Gasteiger charge is 2.20. The highest BCUT2D eigenvalue weighted by atomic mass is 32.2. The maximum atomic E-state index is 12.5. The normalized spacial score (nSPS) is 12.3. The molecule has 124 valence electrons.